The summed E-state index contributed by atoms with van der Waals surface area (Å²) < 4.78 is 13.2. The third-order valence-electron chi connectivity index (χ3n) is 4.58. The van der Waals surface area contributed by atoms with E-state index < -0.39 is 5.82 Å². The van der Waals surface area contributed by atoms with Gasteiger partial charge in [0.25, 0.3) is 0 Å². The maximum absolute atomic E-state index is 13.2. The molecular weight excluding hydrogens is 357 g/mol. The molecule has 8 heteroatoms. The number of urea groups is 1. The zero-order chi connectivity index (χ0) is 18.1. The number of benzene rings is 1. The molecule has 0 spiro atoms. The molecule has 0 atom stereocenters. The minimum absolute atomic E-state index is 0.0155. The van der Waals surface area contributed by atoms with E-state index in [4.69, 9.17) is 11.6 Å². The molecule has 0 radical (unpaired) electrons. The number of nitrogens with zero attached hydrogens (tertiary/aromatic N) is 4. The van der Waals surface area contributed by atoms with Crippen LogP contribution in [0.25, 0.3) is 6.08 Å². The smallest absolute Gasteiger partial charge is 0.321 e. The number of halogens is 2. The first-order valence-corrected chi connectivity index (χ1v) is 8.76. The largest absolute Gasteiger partial charge is 0.352 e. The number of aromatic nitrogens is 2. The standard InChI is InChI=1S/C18H17ClFN5O/c19-14-10-12(4-5-15(14)20)23-18(26)25-8-6-24(7-9-25)17-13-2-1-3-16(13)21-11-22-17/h1-2,4-5,10-11H,3,6-9H2,(H,23,26). The number of amides is 2. The van der Waals surface area contributed by atoms with Crippen LogP contribution in [0.5, 0.6) is 0 Å². The number of hydrogen-bond acceptors (Lipinski definition) is 4. The van der Waals surface area contributed by atoms with Crippen molar-refractivity contribution in [3.8, 4) is 0 Å². The van der Waals surface area contributed by atoms with Gasteiger partial charge in [0.05, 0.1) is 10.7 Å². The van der Waals surface area contributed by atoms with Gasteiger partial charge in [-0.05, 0) is 18.2 Å². The van der Waals surface area contributed by atoms with Crippen LogP contribution in [0.3, 0.4) is 0 Å². The lowest BCUT2D eigenvalue weighted by atomic mass is 10.2. The first-order chi connectivity index (χ1) is 12.6. The number of nitrogens with one attached hydrogen (secondary N) is 1. The van der Waals surface area contributed by atoms with Crippen molar-refractivity contribution in [3.05, 3.63) is 52.7 Å². The van der Waals surface area contributed by atoms with Gasteiger partial charge < -0.3 is 15.1 Å². The van der Waals surface area contributed by atoms with Gasteiger partial charge in [0.2, 0.25) is 0 Å². The Bertz CT molecular complexity index is 880. The number of carbonyl (C=O) groups is 1. The van der Waals surface area contributed by atoms with Gasteiger partial charge in [-0.1, -0.05) is 23.8 Å². The van der Waals surface area contributed by atoms with E-state index in [1.165, 1.54) is 18.2 Å². The molecule has 1 aliphatic heterocycles. The van der Waals surface area contributed by atoms with E-state index in [0.717, 1.165) is 23.5 Å². The molecule has 2 amide bonds. The zero-order valence-electron chi connectivity index (χ0n) is 14.0. The van der Waals surface area contributed by atoms with E-state index in [0.29, 0.717) is 31.9 Å². The maximum atomic E-state index is 13.2. The van der Waals surface area contributed by atoms with E-state index in [9.17, 15) is 9.18 Å². The average molecular weight is 374 g/mol. The highest BCUT2D eigenvalue weighted by atomic mass is 35.5. The van der Waals surface area contributed by atoms with Crippen LogP contribution in [0, 0.1) is 5.82 Å². The molecule has 1 aromatic carbocycles. The quantitative estimate of drug-likeness (QED) is 0.878. The third kappa shape index (κ3) is 3.22. The molecular formula is C18H17ClFN5O. The van der Waals surface area contributed by atoms with Crippen molar-refractivity contribution in [2.75, 3.05) is 36.4 Å². The molecule has 0 unspecified atom stereocenters. The first kappa shape index (κ1) is 16.8. The van der Waals surface area contributed by atoms with Crippen LogP contribution in [0.15, 0.2) is 30.6 Å². The van der Waals surface area contributed by atoms with Crippen LogP contribution in [0.2, 0.25) is 5.02 Å². The minimum atomic E-state index is -0.510. The van der Waals surface area contributed by atoms with Crippen LogP contribution in [0.4, 0.5) is 20.7 Å². The summed E-state index contributed by atoms with van der Waals surface area (Å²) in [6, 6.07) is 3.91. The van der Waals surface area contributed by atoms with Crippen LogP contribution in [0.1, 0.15) is 11.3 Å². The van der Waals surface area contributed by atoms with Crippen molar-refractivity contribution < 1.29 is 9.18 Å². The Kier molecular flexibility index (Phi) is 4.46. The SMILES string of the molecule is O=C(Nc1ccc(F)c(Cl)c1)N1CCN(c2ncnc3c2C=CC3)CC1. The van der Waals surface area contributed by atoms with Gasteiger partial charge >= 0.3 is 6.03 Å². The highest BCUT2D eigenvalue weighted by Gasteiger charge is 2.25. The van der Waals surface area contributed by atoms with Gasteiger partial charge in [0, 0.05) is 43.9 Å². The fraction of sp³-hybridized carbons (Fsp3) is 0.278. The molecule has 0 bridgehead atoms. The molecule has 134 valence electrons. The Morgan fingerprint density at radius 2 is 2.00 bits per heavy atom. The van der Waals surface area contributed by atoms with Crippen LogP contribution >= 0.6 is 11.6 Å². The Labute approximate surface area is 155 Å². The topological polar surface area (TPSA) is 61.4 Å². The summed E-state index contributed by atoms with van der Waals surface area (Å²) in [5, 5.41) is 2.74. The lowest BCUT2D eigenvalue weighted by molar-refractivity contribution is 0.208. The third-order valence-corrected chi connectivity index (χ3v) is 4.87. The molecule has 1 N–H and O–H groups in total. The van der Waals surface area contributed by atoms with E-state index in [2.05, 4.69) is 32.3 Å². The summed E-state index contributed by atoms with van der Waals surface area (Å²) in [4.78, 5) is 25.0. The zero-order valence-corrected chi connectivity index (χ0v) is 14.7. The predicted octanol–water partition coefficient (Wildman–Crippen LogP) is 3.19. The fourth-order valence-electron chi connectivity index (χ4n) is 3.19. The molecule has 2 heterocycles. The van der Waals surface area contributed by atoms with Crippen molar-refractivity contribution in [1.29, 1.82) is 0 Å². The molecule has 2 aromatic rings. The van der Waals surface area contributed by atoms with Crippen molar-refractivity contribution in [1.82, 2.24) is 14.9 Å². The summed E-state index contributed by atoms with van der Waals surface area (Å²) in [7, 11) is 0. The first-order valence-electron chi connectivity index (χ1n) is 8.38. The minimum Gasteiger partial charge on any atom is -0.352 e. The van der Waals surface area contributed by atoms with Gasteiger partial charge in [-0.3, -0.25) is 0 Å². The summed E-state index contributed by atoms with van der Waals surface area (Å²) >= 11 is 5.75. The van der Waals surface area contributed by atoms with Gasteiger partial charge in [-0.2, -0.15) is 0 Å². The molecule has 6 nitrogen and oxygen atoms in total. The highest BCUT2D eigenvalue weighted by molar-refractivity contribution is 6.31. The van der Waals surface area contributed by atoms with Crippen molar-refractivity contribution in [2.45, 2.75) is 6.42 Å². The fourth-order valence-corrected chi connectivity index (χ4v) is 3.37. The molecule has 2 aliphatic rings. The van der Waals surface area contributed by atoms with Crippen LogP contribution in [-0.4, -0.2) is 47.1 Å². The number of piperazine rings is 1. The summed E-state index contributed by atoms with van der Waals surface area (Å²) in [6.07, 6.45) is 6.58. The van der Waals surface area contributed by atoms with Gasteiger partial charge in [-0.15, -0.1) is 0 Å². The predicted molar refractivity (Wildman–Crippen MR) is 99.0 cm³/mol. The molecule has 26 heavy (non-hydrogen) atoms. The molecule has 0 saturated carbocycles. The lowest BCUT2D eigenvalue weighted by Crippen LogP contribution is -2.50. The summed E-state index contributed by atoms with van der Waals surface area (Å²) in [5.41, 5.74) is 2.59. The second kappa shape index (κ2) is 6.92. The maximum Gasteiger partial charge on any atom is 0.321 e. The van der Waals surface area contributed by atoms with Gasteiger partial charge in [0.15, 0.2) is 0 Å². The monoisotopic (exact) mass is 373 g/mol. The number of carbonyl (C=O) groups excluding carboxylic acids is 1. The molecule has 1 saturated heterocycles. The lowest BCUT2D eigenvalue weighted by Gasteiger charge is -2.35. The van der Waals surface area contributed by atoms with Crippen LogP contribution in [-0.2, 0) is 6.42 Å². The van der Waals surface area contributed by atoms with Gasteiger partial charge in [0.1, 0.15) is 18.0 Å². The number of rotatable bonds is 2. The molecule has 1 aromatic heterocycles. The Hall–Kier alpha value is -2.67. The second-order valence-corrected chi connectivity index (χ2v) is 6.60. The molecule has 1 aliphatic carbocycles. The van der Waals surface area contributed by atoms with E-state index in [1.807, 2.05) is 0 Å². The summed E-state index contributed by atoms with van der Waals surface area (Å²) in [6.45, 7) is 2.52. The van der Waals surface area contributed by atoms with Crippen LogP contribution < -0.4 is 10.2 Å². The summed E-state index contributed by atoms with van der Waals surface area (Å²) in [5.74, 6) is 0.416. The van der Waals surface area contributed by atoms with E-state index in [-0.39, 0.29) is 11.1 Å². The van der Waals surface area contributed by atoms with Gasteiger partial charge in [-0.25, -0.2) is 19.2 Å². The molecule has 1 fully saturated rings. The normalized spacial score (nSPS) is 15.9. The number of anilines is 2. The number of fused-ring (bicyclic) bond motifs is 1. The van der Waals surface area contributed by atoms with Crippen molar-refractivity contribution in [3.63, 3.8) is 0 Å². The Balaban J connectivity index is 1.39. The molecule has 4 rings (SSSR count). The average Bonchev–Trinajstić information content (AvgIpc) is 3.14. The Morgan fingerprint density at radius 1 is 1.19 bits per heavy atom. The second-order valence-electron chi connectivity index (χ2n) is 6.20. The highest BCUT2D eigenvalue weighted by Crippen LogP contribution is 2.27. The van der Waals surface area contributed by atoms with Crippen molar-refractivity contribution in [2.24, 2.45) is 0 Å². The van der Waals surface area contributed by atoms with E-state index in [1.54, 1.807) is 11.2 Å². The number of hydrogen-bond donors (Lipinski definition) is 1. The number of allylic oxidation sites excluding steroid dienone is 1. The van der Waals surface area contributed by atoms with Crippen molar-refractivity contribution >= 4 is 35.2 Å². The van der Waals surface area contributed by atoms with E-state index >= 15 is 0 Å². The Morgan fingerprint density at radius 3 is 2.77 bits per heavy atom.